The second-order valence-electron chi connectivity index (χ2n) is 7.08. The molecule has 31 heavy (non-hydrogen) atoms. The Labute approximate surface area is 197 Å². The third-order valence-corrected chi connectivity index (χ3v) is 5.23. The van der Waals surface area contributed by atoms with Crippen molar-refractivity contribution >= 4 is 67.1 Å². The van der Waals surface area contributed by atoms with Gasteiger partial charge in [-0.15, -0.1) is 0 Å². The van der Waals surface area contributed by atoms with Gasteiger partial charge >= 0.3 is 0 Å². The summed E-state index contributed by atoms with van der Waals surface area (Å²) in [6.07, 6.45) is 1.87. The molecule has 1 aliphatic heterocycles. The van der Waals surface area contributed by atoms with Crippen molar-refractivity contribution in [2.24, 2.45) is 5.10 Å². The molecule has 1 unspecified atom stereocenters. The molecule has 1 atom stereocenters. The number of carbonyl (C=O) groups is 2. The molecule has 0 aliphatic carbocycles. The summed E-state index contributed by atoms with van der Waals surface area (Å²) in [5, 5.41) is 9.08. The summed E-state index contributed by atoms with van der Waals surface area (Å²) < 4.78 is 0.569. The first-order valence-corrected chi connectivity index (χ1v) is 10.9. The first-order chi connectivity index (χ1) is 14.7. The van der Waals surface area contributed by atoms with E-state index in [2.05, 4.69) is 47.2 Å². The third kappa shape index (κ3) is 5.51. The Bertz CT molecular complexity index is 1050. The van der Waals surface area contributed by atoms with E-state index in [1.165, 1.54) is 5.01 Å². The van der Waals surface area contributed by atoms with Crippen LogP contribution in [0.1, 0.15) is 36.3 Å². The zero-order valence-electron chi connectivity index (χ0n) is 16.9. The molecule has 9 nitrogen and oxygen atoms in total. The van der Waals surface area contributed by atoms with Crippen LogP contribution >= 0.6 is 39.1 Å². The summed E-state index contributed by atoms with van der Waals surface area (Å²) in [5.41, 5.74) is 6.20. The molecule has 3 heterocycles. The molecule has 3 rings (SSSR count). The first-order valence-electron chi connectivity index (χ1n) is 9.34. The first kappa shape index (κ1) is 23.4. The van der Waals surface area contributed by atoms with E-state index >= 15 is 0 Å². The number of hydrazone groups is 1. The van der Waals surface area contributed by atoms with Gasteiger partial charge < -0.3 is 5.32 Å². The number of nitrogens with zero attached hydrogens (tertiary/aromatic N) is 4. The topological polar surface area (TPSA) is 112 Å². The van der Waals surface area contributed by atoms with Gasteiger partial charge in [-0.1, -0.05) is 23.2 Å². The number of hydrogen-bond donors (Lipinski definition) is 3. The normalized spacial score (nSPS) is 15.8. The van der Waals surface area contributed by atoms with Gasteiger partial charge in [-0.05, 0) is 60.5 Å². The van der Waals surface area contributed by atoms with Gasteiger partial charge in [0.15, 0.2) is 11.5 Å². The summed E-state index contributed by atoms with van der Waals surface area (Å²) in [4.78, 5) is 34.2. The van der Waals surface area contributed by atoms with Crippen molar-refractivity contribution in [1.29, 1.82) is 0 Å². The smallest absolute Gasteiger partial charge is 0.286 e. The number of carbonyl (C=O) groups excluding carboxylic acids is 2. The van der Waals surface area contributed by atoms with E-state index in [9.17, 15) is 9.59 Å². The number of halogens is 3. The SMILES string of the molecule is Cc1cc(Cl)nc(C(=O)NNC(C)C)c1NC(=O)C1CC(Br)=NN1c1ncccc1Cl. The summed E-state index contributed by atoms with van der Waals surface area (Å²) in [6.45, 7) is 5.47. The van der Waals surface area contributed by atoms with Gasteiger partial charge in [0.1, 0.15) is 15.8 Å². The molecule has 1 aliphatic rings. The van der Waals surface area contributed by atoms with Crippen molar-refractivity contribution in [2.45, 2.75) is 39.3 Å². The number of hydrogen-bond acceptors (Lipinski definition) is 7. The second-order valence-corrected chi connectivity index (χ2v) is 8.79. The second kappa shape index (κ2) is 9.90. The fourth-order valence-electron chi connectivity index (χ4n) is 2.85. The number of nitrogens with one attached hydrogen (secondary N) is 3. The van der Waals surface area contributed by atoms with E-state index in [-0.39, 0.29) is 22.6 Å². The van der Waals surface area contributed by atoms with E-state index in [1.807, 2.05) is 13.8 Å². The molecule has 0 spiro atoms. The predicted molar refractivity (Wildman–Crippen MR) is 125 cm³/mol. The van der Waals surface area contributed by atoms with Gasteiger partial charge in [0.2, 0.25) is 5.91 Å². The summed E-state index contributed by atoms with van der Waals surface area (Å²) in [5.74, 6) is -0.579. The number of rotatable bonds is 6. The highest BCUT2D eigenvalue weighted by molar-refractivity contribution is 9.18. The molecule has 0 aromatic carbocycles. The van der Waals surface area contributed by atoms with Gasteiger partial charge in [0, 0.05) is 18.7 Å². The minimum atomic E-state index is -0.735. The highest BCUT2D eigenvalue weighted by Crippen LogP contribution is 2.31. The maximum Gasteiger partial charge on any atom is 0.286 e. The molecule has 0 bridgehead atoms. The maximum atomic E-state index is 13.2. The highest BCUT2D eigenvalue weighted by Gasteiger charge is 2.35. The molecule has 12 heteroatoms. The summed E-state index contributed by atoms with van der Waals surface area (Å²) in [7, 11) is 0. The fourth-order valence-corrected chi connectivity index (χ4v) is 3.78. The number of aryl methyl sites for hydroxylation is 1. The third-order valence-electron chi connectivity index (χ3n) is 4.25. The van der Waals surface area contributed by atoms with Crippen molar-refractivity contribution < 1.29 is 9.59 Å². The zero-order valence-corrected chi connectivity index (χ0v) is 20.0. The van der Waals surface area contributed by atoms with Crippen LogP contribution in [-0.4, -0.2) is 38.5 Å². The van der Waals surface area contributed by atoms with Crippen LogP contribution in [0.3, 0.4) is 0 Å². The van der Waals surface area contributed by atoms with E-state index < -0.39 is 17.9 Å². The van der Waals surface area contributed by atoms with E-state index in [0.717, 1.165) is 0 Å². The molecular weight excluding hydrogens is 509 g/mol. The number of anilines is 2. The zero-order chi connectivity index (χ0) is 22.7. The van der Waals surface area contributed by atoms with Crippen LogP contribution in [0.4, 0.5) is 11.5 Å². The van der Waals surface area contributed by atoms with Crippen molar-refractivity contribution in [3.05, 3.63) is 45.8 Å². The fraction of sp³-hybridized carbons (Fsp3) is 0.316. The molecular formula is C19H20BrCl2N7O2. The Morgan fingerprint density at radius 3 is 2.74 bits per heavy atom. The number of amides is 2. The number of hydrazine groups is 1. The van der Waals surface area contributed by atoms with Gasteiger partial charge in [-0.2, -0.15) is 5.10 Å². The quantitative estimate of drug-likeness (QED) is 0.389. The summed E-state index contributed by atoms with van der Waals surface area (Å²) >= 11 is 15.6. The van der Waals surface area contributed by atoms with Crippen molar-refractivity contribution in [2.75, 3.05) is 10.3 Å². The Kier molecular flexibility index (Phi) is 7.47. The monoisotopic (exact) mass is 527 g/mol. The highest BCUT2D eigenvalue weighted by atomic mass is 79.9. The predicted octanol–water partition coefficient (Wildman–Crippen LogP) is 3.66. The van der Waals surface area contributed by atoms with E-state index in [1.54, 1.807) is 31.3 Å². The molecule has 2 aromatic heterocycles. The molecule has 0 saturated heterocycles. The van der Waals surface area contributed by atoms with E-state index in [4.69, 9.17) is 23.2 Å². The maximum absolute atomic E-state index is 13.2. The lowest BCUT2D eigenvalue weighted by atomic mass is 10.1. The minimum absolute atomic E-state index is 0.00643. The Morgan fingerprint density at radius 2 is 2.06 bits per heavy atom. The average Bonchev–Trinajstić information content (AvgIpc) is 3.09. The molecule has 0 radical (unpaired) electrons. The largest absolute Gasteiger partial charge is 0.322 e. The molecule has 3 N–H and O–H groups in total. The van der Waals surface area contributed by atoms with Gasteiger partial charge in [0.25, 0.3) is 5.91 Å². The Morgan fingerprint density at radius 1 is 1.32 bits per heavy atom. The van der Waals surface area contributed by atoms with Crippen molar-refractivity contribution in [1.82, 2.24) is 20.8 Å². The van der Waals surface area contributed by atoms with Gasteiger partial charge in [-0.3, -0.25) is 15.0 Å². The lowest BCUT2D eigenvalue weighted by Gasteiger charge is -2.23. The van der Waals surface area contributed by atoms with Crippen LogP contribution in [-0.2, 0) is 4.79 Å². The molecule has 0 fully saturated rings. The molecule has 2 aromatic rings. The van der Waals surface area contributed by atoms with Crippen LogP contribution in [0.5, 0.6) is 0 Å². The molecule has 0 saturated carbocycles. The van der Waals surface area contributed by atoms with Crippen LogP contribution in [0.25, 0.3) is 0 Å². The van der Waals surface area contributed by atoms with Gasteiger partial charge in [0.05, 0.1) is 10.7 Å². The lowest BCUT2D eigenvalue weighted by molar-refractivity contribution is -0.117. The number of pyridine rings is 2. The average molecular weight is 529 g/mol. The lowest BCUT2D eigenvalue weighted by Crippen LogP contribution is -2.43. The van der Waals surface area contributed by atoms with E-state index in [0.29, 0.717) is 27.4 Å². The van der Waals surface area contributed by atoms with Crippen LogP contribution in [0, 0.1) is 6.92 Å². The Hall–Kier alpha value is -2.27. The van der Waals surface area contributed by atoms with Crippen molar-refractivity contribution in [3.63, 3.8) is 0 Å². The van der Waals surface area contributed by atoms with Gasteiger partial charge in [-0.25, -0.2) is 20.4 Å². The molecule has 2 amide bonds. The number of aromatic nitrogens is 2. The minimum Gasteiger partial charge on any atom is -0.322 e. The van der Waals surface area contributed by atoms with Crippen LogP contribution in [0.15, 0.2) is 29.5 Å². The Balaban J connectivity index is 1.89. The standard InChI is InChI=1S/C19H20BrCl2N7O2/c1-9(2)26-27-19(31)16-15(10(3)7-14(22)24-16)25-18(30)12-8-13(20)28-29(12)17-11(21)5-4-6-23-17/h4-7,9,12,26H,8H2,1-3H3,(H,25,30)(H,27,31). The van der Waals surface area contributed by atoms with Crippen LogP contribution < -0.4 is 21.2 Å². The van der Waals surface area contributed by atoms with Crippen LogP contribution in [0.2, 0.25) is 10.2 Å². The van der Waals surface area contributed by atoms with Crippen molar-refractivity contribution in [3.8, 4) is 0 Å². The molecule has 164 valence electrons. The summed E-state index contributed by atoms with van der Waals surface area (Å²) in [6, 6.07) is 4.19.